The average molecular weight is 285 g/mol. The van der Waals surface area contributed by atoms with E-state index in [2.05, 4.69) is 0 Å². The van der Waals surface area contributed by atoms with Crippen molar-refractivity contribution in [1.29, 1.82) is 0 Å². The van der Waals surface area contributed by atoms with Gasteiger partial charge in [-0.1, -0.05) is 11.6 Å². The Labute approximate surface area is 101 Å². The molecule has 0 aliphatic carbocycles. The predicted octanol–water partition coefficient (Wildman–Crippen LogP) is 1.73. The number of hydrogen-bond acceptors (Lipinski definition) is 4. The van der Waals surface area contributed by atoms with Crippen molar-refractivity contribution in [3.63, 3.8) is 0 Å². The van der Waals surface area contributed by atoms with Gasteiger partial charge in [-0.25, -0.2) is 13.2 Å². The molecule has 1 rings (SSSR count). The number of halogens is 2. The lowest BCUT2D eigenvalue weighted by molar-refractivity contribution is -0.139. The van der Waals surface area contributed by atoms with Gasteiger partial charge in [-0.05, 0) is 18.2 Å². The first-order valence-corrected chi connectivity index (χ1v) is 6.58. The number of carboxylic acids is 1. The lowest BCUT2D eigenvalue weighted by Crippen LogP contribution is -2.09. The molecule has 0 fully saturated rings. The topological polar surface area (TPSA) is 80.7 Å². The molecule has 0 aliphatic rings. The van der Waals surface area contributed by atoms with Crippen molar-refractivity contribution in [2.45, 2.75) is 4.90 Å². The van der Waals surface area contributed by atoms with Crippen LogP contribution in [-0.2, 0) is 13.8 Å². The van der Waals surface area contributed by atoms with Gasteiger partial charge in [0.15, 0.2) is 6.61 Å². The molecule has 5 nitrogen and oxygen atoms in total. The van der Waals surface area contributed by atoms with E-state index in [1.165, 1.54) is 12.1 Å². The van der Waals surface area contributed by atoms with E-state index < -0.39 is 21.6 Å². The smallest absolute Gasteiger partial charge is 0.341 e. The van der Waals surface area contributed by atoms with E-state index in [-0.39, 0.29) is 15.7 Å². The Kier molecular flexibility index (Phi) is 4.01. The van der Waals surface area contributed by atoms with Gasteiger partial charge in [0, 0.05) is 10.7 Å². The van der Waals surface area contributed by atoms with Crippen LogP contribution in [0.2, 0.25) is 5.02 Å². The Morgan fingerprint density at radius 1 is 1.44 bits per heavy atom. The van der Waals surface area contributed by atoms with Crippen LogP contribution in [0.5, 0.6) is 5.75 Å². The highest BCUT2D eigenvalue weighted by molar-refractivity contribution is 8.13. The summed E-state index contributed by atoms with van der Waals surface area (Å²) in [6.07, 6.45) is 0. The Morgan fingerprint density at radius 2 is 2.06 bits per heavy atom. The summed E-state index contributed by atoms with van der Waals surface area (Å²) in [5, 5.41) is 8.34. The summed E-state index contributed by atoms with van der Waals surface area (Å²) in [5.74, 6) is -1.08. The molecule has 0 heterocycles. The second kappa shape index (κ2) is 4.90. The van der Waals surface area contributed by atoms with E-state index >= 15 is 0 Å². The van der Waals surface area contributed by atoms with Gasteiger partial charge in [-0.2, -0.15) is 0 Å². The number of benzene rings is 1. The number of hydrogen-bond donors (Lipinski definition) is 1. The standard InChI is InChI=1S/C8H6Cl2O5S/c9-6-3-5(16(10,13)14)1-2-7(6)15-4-8(11)12/h1-3H,4H2,(H,11,12). The van der Waals surface area contributed by atoms with Crippen molar-refractivity contribution < 1.29 is 23.1 Å². The molecule has 16 heavy (non-hydrogen) atoms. The molecule has 0 saturated carbocycles. The fourth-order valence-corrected chi connectivity index (χ4v) is 1.97. The Morgan fingerprint density at radius 3 is 2.50 bits per heavy atom. The quantitative estimate of drug-likeness (QED) is 0.852. The molecule has 0 spiro atoms. The SMILES string of the molecule is O=C(O)COc1ccc(S(=O)(=O)Cl)cc1Cl. The van der Waals surface area contributed by atoms with E-state index in [1.807, 2.05) is 0 Å². The highest BCUT2D eigenvalue weighted by Gasteiger charge is 2.13. The summed E-state index contributed by atoms with van der Waals surface area (Å²) < 4.78 is 26.7. The fourth-order valence-electron chi connectivity index (χ4n) is 0.890. The van der Waals surface area contributed by atoms with E-state index in [0.29, 0.717) is 0 Å². The summed E-state index contributed by atoms with van der Waals surface area (Å²) >= 11 is 5.68. The van der Waals surface area contributed by atoms with Gasteiger partial charge in [-0.15, -0.1) is 0 Å². The maximum Gasteiger partial charge on any atom is 0.341 e. The Balaban J connectivity index is 2.96. The van der Waals surface area contributed by atoms with Crippen LogP contribution in [0.1, 0.15) is 0 Å². The van der Waals surface area contributed by atoms with E-state index in [1.54, 1.807) is 0 Å². The molecule has 0 amide bonds. The normalized spacial score (nSPS) is 11.1. The number of ether oxygens (including phenoxy) is 1. The molecule has 1 aromatic carbocycles. The van der Waals surface area contributed by atoms with Gasteiger partial charge in [-0.3, -0.25) is 0 Å². The predicted molar refractivity (Wildman–Crippen MR) is 57.6 cm³/mol. The van der Waals surface area contributed by atoms with Crippen LogP contribution in [0.25, 0.3) is 0 Å². The van der Waals surface area contributed by atoms with Crippen LogP contribution in [-0.4, -0.2) is 26.1 Å². The summed E-state index contributed by atoms with van der Waals surface area (Å²) in [6, 6.07) is 3.49. The zero-order valence-electron chi connectivity index (χ0n) is 7.68. The number of aliphatic carboxylic acids is 1. The van der Waals surface area contributed by atoms with Crippen molar-refractivity contribution in [3.05, 3.63) is 23.2 Å². The number of carbonyl (C=O) groups is 1. The van der Waals surface area contributed by atoms with Crippen LogP contribution in [0.3, 0.4) is 0 Å². The maximum absolute atomic E-state index is 10.9. The lowest BCUT2D eigenvalue weighted by Gasteiger charge is -2.06. The lowest BCUT2D eigenvalue weighted by atomic mass is 10.3. The molecule has 0 aromatic heterocycles. The van der Waals surface area contributed by atoms with E-state index in [0.717, 1.165) is 6.07 Å². The fraction of sp³-hybridized carbons (Fsp3) is 0.125. The third kappa shape index (κ3) is 3.55. The molecule has 1 aromatic rings. The van der Waals surface area contributed by atoms with Crippen molar-refractivity contribution in [2.75, 3.05) is 6.61 Å². The molecule has 0 radical (unpaired) electrons. The van der Waals surface area contributed by atoms with Crippen molar-refractivity contribution in [1.82, 2.24) is 0 Å². The second-order valence-corrected chi connectivity index (χ2v) is 5.69. The van der Waals surface area contributed by atoms with Gasteiger partial charge in [0.25, 0.3) is 9.05 Å². The third-order valence-electron chi connectivity index (χ3n) is 1.54. The van der Waals surface area contributed by atoms with Crippen LogP contribution in [0.4, 0.5) is 0 Å². The maximum atomic E-state index is 10.9. The first-order valence-electron chi connectivity index (χ1n) is 3.89. The van der Waals surface area contributed by atoms with Gasteiger partial charge in [0.2, 0.25) is 0 Å². The molecular formula is C8H6Cl2O5S. The Bertz CT molecular complexity index is 511. The first-order chi connectivity index (χ1) is 7.30. The summed E-state index contributed by atoms with van der Waals surface area (Å²) in [7, 11) is 1.23. The summed E-state index contributed by atoms with van der Waals surface area (Å²) in [4.78, 5) is 10.0. The van der Waals surface area contributed by atoms with Gasteiger partial charge in [0.05, 0.1) is 9.92 Å². The summed E-state index contributed by atoms with van der Waals surface area (Å²) in [6.45, 7) is -0.563. The minimum absolute atomic E-state index is 0.0250. The number of rotatable bonds is 4. The van der Waals surface area contributed by atoms with Crippen molar-refractivity contribution >= 4 is 37.3 Å². The molecule has 0 bridgehead atoms. The zero-order valence-corrected chi connectivity index (χ0v) is 10.0. The minimum atomic E-state index is -3.86. The second-order valence-electron chi connectivity index (χ2n) is 2.71. The van der Waals surface area contributed by atoms with E-state index in [9.17, 15) is 13.2 Å². The third-order valence-corrected chi connectivity index (χ3v) is 3.18. The van der Waals surface area contributed by atoms with Crippen LogP contribution >= 0.6 is 22.3 Å². The monoisotopic (exact) mass is 284 g/mol. The first kappa shape index (κ1) is 13.1. The number of carboxylic acid groups (broad SMARTS) is 1. The van der Waals surface area contributed by atoms with Crippen LogP contribution in [0, 0.1) is 0 Å². The zero-order chi connectivity index (χ0) is 12.3. The molecule has 0 unspecified atom stereocenters. The van der Waals surface area contributed by atoms with Crippen LogP contribution < -0.4 is 4.74 Å². The molecule has 0 atom stereocenters. The largest absolute Gasteiger partial charge is 0.480 e. The van der Waals surface area contributed by atoms with Gasteiger partial charge in [0.1, 0.15) is 5.75 Å². The molecular weight excluding hydrogens is 279 g/mol. The minimum Gasteiger partial charge on any atom is -0.480 e. The highest BCUT2D eigenvalue weighted by atomic mass is 35.7. The molecule has 0 aliphatic heterocycles. The van der Waals surface area contributed by atoms with Gasteiger partial charge < -0.3 is 9.84 Å². The van der Waals surface area contributed by atoms with Crippen molar-refractivity contribution in [2.24, 2.45) is 0 Å². The van der Waals surface area contributed by atoms with E-state index in [4.69, 9.17) is 32.1 Å². The molecule has 8 heteroatoms. The molecule has 0 saturated heterocycles. The average Bonchev–Trinajstić information content (AvgIpc) is 2.14. The van der Waals surface area contributed by atoms with Crippen LogP contribution in [0.15, 0.2) is 23.1 Å². The van der Waals surface area contributed by atoms with Crippen molar-refractivity contribution in [3.8, 4) is 5.75 Å². The summed E-state index contributed by atoms with van der Waals surface area (Å²) in [5.41, 5.74) is 0. The molecule has 88 valence electrons. The molecule has 1 N–H and O–H groups in total. The Hall–Kier alpha value is -0.980. The highest BCUT2D eigenvalue weighted by Crippen LogP contribution is 2.28. The van der Waals surface area contributed by atoms with Gasteiger partial charge >= 0.3 is 5.97 Å².